The van der Waals surface area contributed by atoms with Crippen molar-refractivity contribution in [3.8, 4) is 0 Å². The number of ketones is 1. The SMILES string of the molecule is Cc1ccc(C(=O)c2ccccc2C(=O)NC2CCC(O)CC2)cc1C. The topological polar surface area (TPSA) is 66.4 Å². The minimum atomic E-state index is -0.262. The third-order valence-electron chi connectivity index (χ3n) is 5.22. The van der Waals surface area contributed by atoms with Crippen molar-refractivity contribution in [2.75, 3.05) is 0 Å². The molecule has 0 saturated heterocycles. The predicted molar refractivity (Wildman–Crippen MR) is 102 cm³/mol. The fourth-order valence-electron chi connectivity index (χ4n) is 3.40. The smallest absolute Gasteiger partial charge is 0.252 e. The van der Waals surface area contributed by atoms with E-state index < -0.39 is 0 Å². The molecule has 0 aliphatic heterocycles. The number of benzene rings is 2. The maximum atomic E-state index is 13.0. The first-order chi connectivity index (χ1) is 12.5. The van der Waals surface area contributed by atoms with E-state index in [1.54, 1.807) is 24.3 Å². The number of carbonyl (C=O) groups is 2. The summed E-state index contributed by atoms with van der Waals surface area (Å²) in [5.74, 6) is -0.364. The zero-order valence-corrected chi connectivity index (χ0v) is 15.3. The van der Waals surface area contributed by atoms with Crippen molar-refractivity contribution < 1.29 is 14.7 Å². The number of carbonyl (C=O) groups excluding carboxylic acids is 2. The van der Waals surface area contributed by atoms with E-state index in [2.05, 4.69) is 5.32 Å². The Bertz CT molecular complexity index is 820. The number of aliphatic hydroxyl groups is 1. The van der Waals surface area contributed by atoms with Crippen LogP contribution >= 0.6 is 0 Å². The quantitative estimate of drug-likeness (QED) is 0.828. The van der Waals surface area contributed by atoms with Crippen molar-refractivity contribution >= 4 is 11.7 Å². The minimum absolute atomic E-state index is 0.0516. The second kappa shape index (κ2) is 7.83. The molecule has 2 aromatic carbocycles. The van der Waals surface area contributed by atoms with E-state index in [1.807, 2.05) is 32.0 Å². The van der Waals surface area contributed by atoms with Gasteiger partial charge in [0.25, 0.3) is 5.91 Å². The fraction of sp³-hybridized carbons (Fsp3) is 0.364. The minimum Gasteiger partial charge on any atom is -0.393 e. The van der Waals surface area contributed by atoms with E-state index in [-0.39, 0.29) is 23.8 Å². The average molecular weight is 351 g/mol. The lowest BCUT2D eigenvalue weighted by Crippen LogP contribution is -2.39. The molecule has 0 radical (unpaired) electrons. The van der Waals surface area contributed by atoms with E-state index in [4.69, 9.17) is 0 Å². The van der Waals surface area contributed by atoms with Gasteiger partial charge in [0.15, 0.2) is 5.78 Å². The lowest BCUT2D eigenvalue weighted by Gasteiger charge is -2.26. The summed E-state index contributed by atoms with van der Waals surface area (Å²) in [4.78, 5) is 25.7. The Morgan fingerprint density at radius 1 is 0.923 bits per heavy atom. The molecule has 3 rings (SSSR count). The molecule has 136 valence electrons. The van der Waals surface area contributed by atoms with Gasteiger partial charge in [-0.15, -0.1) is 0 Å². The Kier molecular flexibility index (Phi) is 5.52. The van der Waals surface area contributed by atoms with Crippen molar-refractivity contribution in [1.82, 2.24) is 5.32 Å². The number of rotatable bonds is 4. The summed E-state index contributed by atoms with van der Waals surface area (Å²) in [6.07, 6.45) is 2.67. The molecule has 0 aromatic heterocycles. The van der Waals surface area contributed by atoms with Crippen LogP contribution in [-0.4, -0.2) is 28.9 Å². The monoisotopic (exact) mass is 351 g/mol. The highest BCUT2D eigenvalue weighted by atomic mass is 16.3. The number of aliphatic hydroxyl groups excluding tert-OH is 1. The molecule has 2 N–H and O–H groups in total. The molecular formula is C22H25NO3. The van der Waals surface area contributed by atoms with Crippen LogP contribution in [0.25, 0.3) is 0 Å². The first-order valence-electron chi connectivity index (χ1n) is 9.15. The van der Waals surface area contributed by atoms with Crippen molar-refractivity contribution in [3.63, 3.8) is 0 Å². The van der Waals surface area contributed by atoms with Gasteiger partial charge in [0.2, 0.25) is 0 Å². The van der Waals surface area contributed by atoms with Crippen molar-refractivity contribution in [1.29, 1.82) is 0 Å². The van der Waals surface area contributed by atoms with Crippen LogP contribution in [0.5, 0.6) is 0 Å². The van der Waals surface area contributed by atoms with Crippen LogP contribution < -0.4 is 5.32 Å². The van der Waals surface area contributed by atoms with Gasteiger partial charge in [-0.2, -0.15) is 0 Å². The van der Waals surface area contributed by atoms with Crippen molar-refractivity contribution in [2.24, 2.45) is 0 Å². The summed E-state index contributed by atoms with van der Waals surface area (Å²) in [7, 11) is 0. The van der Waals surface area contributed by atoms with Gasteiger partial charge in [0.05, 0.1) is 11.7 Å². The summed E-state index contributed by atoms with van der Waals surface area (Å²) >= 11 is 0. The Balaban J connectivity index is 1.82. The number of hydrogen-bond donors (Lipinski definition) is 2. The molecule has 2 aromatic rings. The molecule has 1 fully saturated rings. The second-order valence-electron chi connectivity index (χ2n) is 7.15. The number of nitrogens with one attached hydrogen (secondary N) is 1. The molecule has 1 saturated carbocycles. The normalized spacial score (nSPS) is 19.8. The third-order valence-corrected chi connectivity index (χ3v) is 5.22. The molecule has 0 heterocycles. The first kappa shape index (κ1) is 18.3. The Labute approximate surface area is 154 Å². The fourth-order valence-corrected chi connectivity index (χ4v) is 3.40. The van der Waals surface area contributed by atoms with E-state index >= 15 is 0 Å². The molecule has 0 bridgehead atoms. The summed E-state index contributed by atoms with van der Waals surface area (Å²) in [6.45, 7) is 3.98. The number of amides is 1. The van der Waals surface area contributed by atoms with Crippen LogP contribution in [0.2, 0.25) is 0 Å². The van der Waals surface area contributed by atoms with Gasteiger partial charge in [0, 0.05) is 17.2 Å². The lowest BCUT2D eigenvalue weighted by atomic mass is 9.92. The van der Waals surface area contributed by atoms with Gasteiger partial charge in [0.1, 0.15) is 0 Å². The van der Waals surface area contributed by atoms with Crippen LogP contribution in [0.3, 0.4) is 0 Å². The molecule has 1 aliphatic rings. The van der Waals surface area contributed by atoms with E-state index in [0.717, 1.165) is 24.0 Å². The molecule has 0 spiro atoms. The molecular weight excluding hydrogens is 326 g/mol. The van der Waals surface area contributed by atoms with E-state index in [0.29, 0.717) is 29.5 Å². The van der Waals surface area contributed by atoms with Gasteiger partial charge in [-0.25, -0.2) is 0 Å². The van der Waals surface area contributed by atoms with E-state index in [1.165, 1.54) is 0 Å². The predicted octanol–water partition coefficient (Wildman–Crippen LogP) is 3.57. The van der Waals surface area contributed by atoms with Gasteiger partial charge in [-0.3, -0.25) is 9.59 Å². The van der Waals surface area contributed by atoms with Crippen LogP contribution in [0, 0.1) is 13.8 Å². The summed E-state index contributed by atoms with van der Waals surface area (Å²) in [5.41, 5.74) is 3.60. The summed E-state index contributed by atoms with van der Waals surface area (Å²) < 4.78 is 0. The summed E-state index contributed by atoms with van der Waals surface area (Å²) in [6, 6.07) is 12.6. The van der Waals surface area contributed by atoms with Crippen LogP contribution in [0.15, 0.2) is 42.5 Å². The highest BCUT2D eigenvalue weighted by Gasteiger charge is 2.23. The van der Waals surface area contributed by atoms with Crippen molar-refractivity contribution in [3.05, 3.63) is 70.3 Å². The molecule has 0 unspecified atom stereocenters. The maximum absolute atomic E-state index is 13.0. The Morgan fingerprint density at radius 3 is 2.23 bits per heavy atom. The van der Waals surface area contributed by atoms with Gasteiger partial charge in [-0.05, 0) is 62.8 Å². The maximum Gasteiger partial charge on any atom is 0.252 e. The number of aryl methyl sites for hydroxylation is 2. The van der Waals surface area contributed by atoms with Crippen LogP contribution in [-0.2, 0) is 0 Å². The molecule has 1 aliphatic carbocycles. The van der Waals surface area contributed by atoms with Gasteiger partial charge in [-0.1, -0.05) is 30.3 Å². The zero-order valence-electron chi connectivity index (χ0n) is 15.3. The molecule has 4 heteroatoms. The largest absolute Gasteiger partial charge is 0.393 e. The zero-order chi connectivity index (χ0) is 18.7. The molecule has 26 heavy (non-hydrogen) atoms. The van der Waals surface area contributed by atoms with E-state index in [9.17, 15) is 14.7 Å². The number of hydrogen-bond acceptors (Lipinski definition) is 3. The first-order valence-corrected chi connectivity index (χ1v) is 9.15. The van der Waals surface area contributed by atoms with Crippen LogP contribution in [0.1, 0.15) is 63.1 Å². The van der Waals surface area contributed by atoms with Crippen molar-refractivity contribution in [2.45, 2.75) is 51.7 Å². The van der Waals surface area contributed by atoms with Crippen LogP contribution in [0.4, 0.5) is 0 Å². The Hall–Kier alpha value is -2.46. The Morgan fingerprint density at radius 2 is 1.58 bits per heavy atom. The summed E-state index contributed by atoms with van der Waals surface area (Å²) in [5, 5.41) is 12.6. The van der Waals surface area contributed by atoms with Gasteiger partial charge < -0.3 is 10.4 Å². The highest BCUT2D eigenvalue weighted by molar-refractivity contribution is 6.15. The highest BCUT2D eigenvalue weighted by Crippen LogP contribution is 2.21. The lowest BCUT2D eigenvalue weighted by molar-refractivity contribution is 0.0862. The molecule has 4 nitrogen and oxygen atoms in total. The molecule has 0 atom stereocenters. The average Bonchev–Trinajstić information content (AvgIpc) is 2.65. The van der Waals surface area contributed by atoms with Gasteiger partial charge >= 0.3 is 0 Å². The molecule has 1 amide bonds. The standard InChI is InChI=1S/C22H25NO3/c1-14-7-8-16(13-15(14)2)21(25)19-5-3-4-6-20(19)22(26)23-17-9-11-18(24)12-10-17/h3-8,13,17-18,24H,9-12H2,1-2H3,(H,23,26). The second-order valence-corrected chi connectivity index (χ2v) is 7.15. The third kappa shape index (κ3) is 4.02.